The average molecular weight is 965 g/mol. The number of aromatic nitrogens is 1. The van der Waals surface area contributed by atoms with Crippen molar-refractivity contribution in [1.29, 1.82) is 0 Å². The van der Waals surface area contributed by atoms with E-state index in [0.29, 0.717) is 0 Å². The Hall–Kier alpha value is -2.85. The van der Waals surface area contributed by atoms with Gasteiger partial charge in [-0.3, -0.25) is 9.78 Å². The fraction of sp³-hybridized carbons (Fsp3) is 0.538. The Morgan fingerprint density at radius 1 is 0.754 bits per heavy atom. The Morgan fingerprint density at radius 2 is 1.28 bits per heavy atom. The molecule has 1 aliphatic rings. The number of nitrogens with zero attached hydrogens (tertiary/aromatic N) is 1. The number of allylic oxidation sites excluding steroid dienone is 2. The fourth-order valence-corrected chi connectivity index (χ4v) is 10.1. The summed E-state index contributed by atoms with van der Waals surface area (Å²) in [5, 5.41) is 15.8. The van der Waals surface area contributed by atoms with Crippen LogP contribution >= 0.6 is 11.3 Å². The molecule has 2 heterocycles. The number of aliphatic hydroxyl groups excluding tert-OH is 1. The maximum Gasteiger partial charge on any atom is 0.165 e. The number of pyridine rings is 1. The van der Waals surface area contributed by atoms with Gasteiger partial charge in [0.1, 0.15) is 5.76 Å². The van der Waals surface area contributed by atoms with E-state index in [4.69, 9.17) is 4.98 Å². The molecule has 1 radical (unpaired) electrons. The van der Waals surface area contributed by atoms with E-state index in [0.717, 1.165) is 16.6 Å². The van der Waals surface area contributed by atoms with E-state index in [1.807, 2.05) is 31.4 Å². The number of carbonyl (C=O) groups is 1. The third kappa shape index (κ3) is 8.60. The minimum Gasteiger partial charge on any atom is -0.512 e. The Balaban J connectivity index is 0.000000285. The van der Waals surface area contributed by atoms with Crippen molar-refractivity contribution in [1.82, 2.24) is 4.98 Å². The normalized spacial score (nSPS) is 16.0. The zero-order chi connectivity index (χ0) is 41.9. The summed E-state index contributed by atoms with van der Waals surface area (Å²) in [5.74, 6) is 1.27. The van der Waals surface area contributed by atoms with E-state index in [-0.39, 0.29) is 77.0 Å². The Bertz CT molecular complexity index is 2260. The van der Waals surface area contributed by atoms with Crippen molar-refractivity contribution >= 4 is 48.1 Å². The van der Waals surface area contributed by atoms with Crippen molar-refractivity contribution in [2.24, 2.45) is 34.5 Å². The predicted molar refractivity (Wildman–Crippen MR) is 244 cm³/mol. The minimum atomic E-state index is -0.442. The van der Waals surface area contributed by atoms with E-state index in [1.165, 1.54) is 61.2 Å². The molecule has 0 amide bonds. The van der Waals surface area contributed by atoms with Gasteiger partial charge in [-0.15, -0.1) is 40.5 Å². The van der Waals surface area contributed by atoms with Gasteiger partial charge in [-0.2, -0.15) is 0 Å². The van der Waals surface area contributed by atoms with Crippen LogP contribution in [-0.4, -0.2) is 15.9 Å². The molecule has 1 aliphatic carbocycles. The van der Waals surface area contributed by atoms with Crippen LogP contribution in [0.5, 0.6) is 0 Å². The molecule has 3 nitrogen and oxygen atoms in total. The molecular weight excluding hydrogens is 895 g/mol. The van der Waals surface area contributed by atoms with Crippen LogP contribution in [-0.2, 0) is 41.1 Å². The van der Waals surface area contributed by atoms with E-state index in [1.54, 1.807) is 0 Å². The van der Waals surface area contributed by atoms with Crippen molar-refractivity contribution in [3.63, 3.8) is 0 Å². The summed E-state index contributed by atoms with van der Waals surface area (Å²) < 4.78 is 2.64. The number of ketones is 1. The molecule has 0 aliphatic heterocycles. The standard InChI is InChI=1S/C33H34NS.C19H36O2.Ir/c1-31(2,3)25-17-21(16-20-10-8-9-11-22(20)25)29-30-23(12-15-34-29)24-18-26-27(19-28(24)35-30)33(6,7)14-13-32(26,4)5;1-12(2)18(9,13(3)4)16(20)11-17(21)19(10,14(5)6)15(7)8;/h8-12,15,17-19H,13-14H2,1-7H3;11-15,20H,1-10H3;/q-1;;/b;16-11-;. The maximum atomic E-state index is 12.8. The predicted octanol–water partition coefficient (Wildman–Crippen LogP) is 15.3. The molecule has 1 N–H and O–H groups in total. The summed E-state index contributed by atoms with van der Waals surface area (Å²) in [5.41, 5.74) is 6.18. The third-order valence-electron chi connectivity index (χ3n) is 14.3. The Kier molecular flexibility index (Phi) is 13.7. The largest absolute Gasteiger partial charge is 0.512 e. The molecule has 311 valence electrons. The van der Waals surface area contributed by atoms with Crippen LogP contribution in [0.25, 0.3) is 42.2 Å². The zero-order valence-corrected chi connectivity index (χ0v) is 41.3. The molecule has 0 fully saturated rings. The molecule has 6 rings (SSSR count). The van der Waals surface area contributed by atoms with Gasteiger partial charge < -0.3 is 5.11 Å². The van der Waals surface area contributed by atoms with Crippen LogP contribution in [0.15, 0.2) is 66.6 Å². The quantitative estimate of drug-likeness (QED) is 0.0958. The van der Waals surface area contributed by atoms with Gasteiger partial charge in [-0.1, -0.05) is 147 Å². The van der Waals surface area contributed by atoms with Crippen LogP contribution < -0.4 is 0 Å². The molecule has 57 heavy (non-hydrogen) atoms. The average Bonchev–Trinajstić information content (AvgIpc) is 3.49. The summed E-state index contributed by atoms with van der Waals surface area (Å²) >= 11 is 1.89. The molecule has 0 spiro atoms. The van der Waals surface area contributed by atoms with Crippen LogP contribution in [0, 0.1) is 40.6 Å². The van der Waals surface area contributed by atoms with Crippen molar-refractivity contribution in [3.8, 4) is 11.3 Å². The number of aliphatic hydroxyl groups is 1. The zero-order valence-electron chi connectivity index (χ0n) is 38.0. The number of thiophene rings is 1. The Morgan fingerprint density at radius 3 is 1.81 bits per heavy atom. The van der Waals surface area contributed by atoms with Crippen LogP contribution in [0.4, 0.5) is 0 Å². The molecule has 0 bridgehead atoms. The summed E-state index contributed by atoms with van der Waals surface area (Å²) in [7, 11) is 0. The summed E-state index contributed by atoms with van der Waals surface area (Å²) in [6, 6.07) is 21.9. The van der Waals surface area contributed by atoms with E-state index >= 15 is 0 Å². The van der Waals surface area contributed by atoms with Gasteiger partial charge >= 0.3 is 0 Å². The second kappa shape index (κ2) is 16.7. The van der Waals surface area contributed by atoms with Gasteiger partial charge in [0.25, 0.3) is 0 Å². The molecule has 5 heteroatoms. The third-order valence-corrected chi connectivity index (χ3v) is 15.5. The second-order valence-electron chi connectivity index (χ2n) is 20.8. The number of fused-ring (bicyclic) bond motifs is 5. The SMILES string of the molecule is CC(C)(C)c1cc(-c2nccc3c2sc2cc4c(cc23)C(C)(C)CCC4(C)C)[c-]c2ccccc12.CC(C)C(C)(C(=O)/C=C(\O)C(C)(C(C)C)C(C)C)C(C)C.[Ir]. The minimum absolute atomic E-state index is 0. The number of hydrogen-bond acceptors (Lipinski definition) is 4. The smallest absolute Gasteiger partial charge is 0.165 e. The topological polar surface area (TPSA) is 50.2 Å². The van der Waals surface area contributed by atoms with Gasteiger partial charge in [-0.05, 0) is 87.5 Å². The van der Waals surface area contributed by atoms with Crippen molar-refractivity contribution in [2.45, 2.75) is 147 Å². The molecule has 2 aromatic heterocycles. The van der Waals surface area contributed by atoms with Crippen LogP contribution in [0.2, 0.25) is 0 Å². The van der Waals surface area contributed by atoms with Gasteiger partial charge in [0.15, 0.2) is 5.78 Å². The first-order valence-electron chi connectivity index (χ1n) is 21.1. The first-order chi connectivity index (χ1) is 25.8. The number of rotatable bonds is 8. The van der Waals surface area contributed by atoms with Gasteiger partial charge in [0, 0.05) is 63.7 Å². The van der Waals surface area contributed by atoms with Gasteiger partial charge in [0.05, 0.1) is 0 Å². The maximum absolute atomic E-state index is 12.8. The summed E-state index contributed by atoms with van der Waals surface area (Å²) in [4.78, 5) is 17.8. The molecular formula is C52H70IrNO2S-. The van der Waals surface area contributed by atoms with Gasteiger partial charge in [-0.25, -0.2) is 0 Å². The van der Waals surface area contributed by atoms with Crippen LogP contribution in [0.1, 0.15) is 147 Å². The molecule has 0 atom stereocenters. The fourth-order valence-electron chi connectivity index (χ4n) is 8.86. The van der Waals surface area contributed by atoms with Crippen LogP contribution in [0.3, 0.4) is 0 Å². The van der Waals surface area contributed by atoms with Crippen molar-refractivity contribution in [2.75, 3.05) is 0 Å². The van der Waals surface area contributed by atoms with Crippen molar-refractivity contribution < 1.29 is 30.0 Å². The number of carbonyl (C=O) groups excluding carboxylic acids is 1. The Labute approximate surface area is 362 Å². The van der Waals surface area contributed by atoms with E-state index < -0.39 is 5.41 Å². The molecule has 0 unspecified atom stereocenters. The van der Waals surface area contributed by atoms with Crippen molar-refractivity contribution in [3.05, 3.63) is 89.3 Å². The monoisotopic (exact) mass is 965 g/mol. The number of benzene rings is 3. The van der Waals surface area contributed by atoms with Gasteiger partial charge in [0.2, 0.25) is 0 Å². The molecule has 0 saturated carbocycles. The number of hydrogen-bond donors (Lipinski definition) is 1. The summed E-state index contributed by atoms with van der Waals surface area (Å²) in [6.45, 7) is 37.3. The summed E-state index contributed by atoms with van der Waals surface area (Å²) in [6.07, 6.45) is 5.95. The van der Waals surface area contributed by atoms with E-state index in [2.05, 4.69) is 158 Å². The first kappa shape index (κ1) is 46.8. The molecule has 5 aromatic rings. The van der Waals surface area contributed by atoms with E-state index in [9.17, 15) is 9.90 Å². The molecule has 3 aromatic carbocycles. The first-order valence-corrected chi connectivity index (χ1v) is 21.9. The second-order valence-corrected chi connectivity index (χ2v) is 21.8. The molecule has 0 saturated heterocycles.